The zero-order valence-electron chi connectivity index (χ0n) is 13.4. The topological polar surface area (TPSA) is 53.5 Å². The molecule has 0 unspecified atom stereocenters. The fourth-order valence-electron chi connectivity index (χ4n) is 1.73. The molecule has 4 nitrogen and oxygen atoms in total. The van der Waals surface area contributed by atoms with Crippen molar-refractivity contribution >= 4 is 17.3 Å². The summed E-state index contributed by atoms with van der Waals surface area (Å²) in [4.78, 5) is 16.1. The first kappa shape index (κ1) is 16.7. The third-order valence-electron chi connectivity index (χ3n) is 3.31. The van der Waals surface area contributed by atoms with Crippen LogP contribution in [0.25, 0.3) is 0 Å². The Balaban J connectivity index is 2.97. The third-order valence-corrected chi connectivity index (χ3v) is 3.31. The van der Waals surface area contributed by atoms with Gasteiger partial charge in [0.25, 0.3) is 5.91 Å². The van der Waals surface area contributed by atoms with E-state index < -0.39 is 0 Å². The summed E-state index contributed by atoms with van der Waals surface area (Å²) >= 11 is 0. The smallest absolute Gasteiger partial charge is 0.251 e. The number of allylic oxidation sites excluding steroid dienone is 2. The molecule has 112 valence electrons. The number of carbonyl (C=O) groups is 1. The molecule has 21 heavy (non-hydrogen) atoms. The lowest BCUT2D eigenvalue weighted by Crippen LogP contribution is -2.18. The lowest BCUT2D eigenvalue weighted by atomic mass is 10.1. The van der Waals surface area contributed by atoms with E-state index in [1.807, 2.05) is 39.8 Å². The Labute approximate surface area is 126 Å². The normalized spacial score (nSPS) is 12.0. The van der Waals surface area contributed by atoms with Gasteiger partial charge in [-0.2, -0.15) is 0 Å². The monoisotopic (exact) mass is 285 g/mol. The Hall–Kier alpha value is -2.36. The van der Waals surface area contributed by atoms with Gasteiger partial charge in [-0.3, -0.25) is 4.79 Å². The summed E-state index contributed by atoms with van der Waals surface area (Å²) in [6.45, 7) is 11.8. The summed E-state index contributed by atoms with van der Waals surface area (Å²) < 4.78 is 0. The lowest BCUT2D eigenvalue weighted by molar-refractivity contribution is 0.0963. The maximum Gasteiger partial charge on any atom is 0.251 e. The van der Waals surface area contributed by atoms with E-state index in [1.165, 1.54) is 0 Å². The molecule has 0 saturated heterocycles. The fourth-order valence-corrected chi connectivity index (χ4v) is 1.73. The van der Waals surface area contributed by atoms with Crippen molar-refractivity contribution in [2.24, 2.45) is 4.99 Å². The molecule has 0 aromatic heterocycles. The highest BCUT2D eigenvalue weighted by atomic mass is 16.1. The minimum absolute atomic E-state index is 0.117. The first-order valence-corrected chi connectivity index (χ1v) is 6.86. The second-order valence-electron chi connectivity index (χ2n) is 4.85. The molecule has 0 spiro atoms. The van der Waals surface area contributed by atoms with Gasteiger partial charge < -0.3 is 10.6 Å². The summed E-state index contributed by atoms with van der Waals surface area (Å²) in [5.41, 5.74) is 4.47. The van der Waals surface area contributed by atoms with E-state index in [4.69, 9.17) is 0 Å². The first-order chi connectivity index (χ1) is 9.88. The average Bonchev–Trinajstić information content (AvgIpc) is 2.47. The summed E-state index contributed by atoms with van der Waals surface area (Å²) in [6.07, 6.45) is 2.00. The van der Waals surface area contributed by atoms with Crippen LogP contribution in [-0.4, -0.2) is 18.7 Å². The van der Waals surface area contributed by atoms with Crippen LogP contribution in [0.15, 0.2) is 47.2 Å². The van der Waals surface area contributed by atoms with Crippen molar-refractivity contribution in [3.63, 3.8) is 0 Å². The van der Waals surface area contributed by atoms with Crippen molar-refractivity contribution in [2.75, 3.05) is 12.4 Å². The molecule has 0 saturated carbocycles. The maximum atomic E-state index is 11.7. The molecule has 0 atom stereocenters. The van der Waals surface area contributed by atoms with Gasteiger partial charge in [-0.1, -0.05) is 18.7 Å². The van der Waals surface area contributed by atoms with Crippen LogP contribution in [0.4, 0.5) is 5.69 Å². The van der Waals surface area contributed by atoms with Crippen LogP contribution in [0.5, 0.6) is 0 Å². The van der Waals surface area contributed by atoms with Crippen LogP contribution >= 0.6 is 0 Å². The van der Waals surface area contributed by atoms with Crippen LogP contribution in [0.2, 0.25) is 0 Å². The fraction of sp³-hybridized carbons (Fsp3) is 0.294. The van der Waals surface area contributed by atoms with E-state index in [2.05, 4.69) is 22.2 Å². The van der Waals surface area contributed by atoms with Crippen molar-refractivity contribution in [3.8, 4) is 0 Å². The summed E-state index contributed by atoms with van der Waals surface area (Å²) in [7, 11) is 1.61. The van der Waals surface area contributed by atoms with E-state index >= 15 is 0 Å². The van der Waals surface area contributed by atoms with Gasteiger partial charge >= 0.3 is 0 Å². The minimum atomic E-state index is -0.117. The number of carbonyl (C=O) groups excluding carboxylic acids is 1. The molecule has 0 aliphatic carbocycles. The number of rotatable bonds is 5. The van der Waals surface area contributed by atoms with E-state index in [0.717, 1.165) is 22.5 Å². The molecule has 1 aromatic carbocycles. The van der Waals surface area contributed by atoms with Crippen LogP contribution in [0.1, 0.15) is 36.7 Å². The Morgan fingerprint density at radius 2 is 2.00 bits per heavy atom. The van der Waals surface area contributed by atoms with Gasteiger partial charge in [-0.05, 0) is 51.0 Å². The van der Waals surface area contributed by atoms with Gasteiger partial charge in [-0.15, -0.1) is 0 Å². The number of benzene rings is 1. The second kappa shape index (κ2) is 7.43. The molecule has 1 amide bonds. The highest BCUT2D eigenvalue weighted by Gasteiger charge is 2.07. The molecule has 0 radical (unpaired) electrons. The minimum Gasteiger partial charge on any atom is -0.355 e. The highest BCUT2D eigenvalue weighted by Crippen LogP contribution is 2.19. The molecule has 4 heteroatoms. The van der Waals surface area contributed by atoms with E-state index in [1.54, 1.807) is 19.2 Å². The molecule has 0 bridgehead atoms. The van der Waals surface area contributed by atoms with Crippen LogP contribution in [0.3, 0.4) is 0 Å². The first-order valence-electron chi connectivity index (χ1n) is 6.86. The summed E-state index contributed by atoms with van der Waals surface area (Å²) in [5.74, 6) is 0.430. The number of aryl methyl sites for hydroxylation is 1. The van der Waals surface area contributed by atoms with Crippen LogP contribution < -0.4 is 10.6 Å². The standard InChI is InChI=1S/C17H23N3O/c1-7-11(2)13(4)19-14(5)20-16-10-15(17(21)18-6)9-8-12(16)3/h7-10,20H,5H2,1-4,6H3,(H,18,21)/b11-7-,19-13?. The van der Waals surface area contributed by atoms with E-state index in [-0.39, 0.29) is 5.91 Å². The molecule has 1 aromatic rings. The lowest BCUT2D eigenvalue weighted by Gasteiger charge is -2.11. The van der Waals surface area contributed by atoms with Gasteiger partial charge in [0.15, 0.2) is 0 Å². The van der Waals surface area contributed by atoms with Crippen molar-refractivity contribution in [2.45, 2.75) is 27.7 Å². The van der Waals surface area contributed by atoms with Crippen molar-refractivity contribution in [1.29, 1.82) is 0 Å². The van der Waals surface area contributed by atoms with E-state index in [9.17, 15) is 4.79 Å². The third kappa shape index (κ3) is 4.60. The zero-order chi connectivity index (χ0) is 16.0. The van der Waals surface area contributed by atoms with Gasteiger partial charge in [-0.25, -0.2) is 4.99 Å². The summed E-state index contributed by atoms with van der Waals surface area (Å²) in [6, 6.07) is 5.49. The van der Waals surface area contributed by atoms with Crippen molar-refractivity contribution in [1.82, 2.24) is 5.32 Å². The largest absolute Gasteiger partial charge is 0.355 e. The van der Waals surface area contributed by atoms with Gasteiger partial charge in [0.1, 0.15) is 5.82 Å². The van der Waals surface area contributed by atoms with Crippen LogP contribution in [-0.2, 0) is 0 Å². The SMILES string of the molecule is C=C(N=C(C)/C(C)=C\C)Nc1cc(C(=O)NC)ccc1C. The molecule has 1 rings (SSSR count). The van der Waals surface area contributed by atoms with Gasteiger partial charge in [0.05, 0.1) is 0 Å². The molecule has 0 heterocycles. The predicted octanol–water partition coefficient (Wildman–Crippen LogP) is 3.66. The number of anilines is 1. The quantitative estimate of drug-likeness (QED) is 0.811. The molecule has 0 aliphatic heterocycles. The number of hydrogen-bond donors (Lipinski definition) is 2. The van der Waals surface area contributed by atoms with Crippen molar-refractivity contribution < 1.29 is 4.79 Å². The van der Waals surface area contributed by atoms with E-state index in [0.29, 0.717) is 11.4 Å². The summed E-state index contributed by atoms with van der Waals surface area (Å²) in [5, 5.41) is 5.76. The Bertz CT molecular complexity index is 612. The molecule has 0 aliphatic rings. The number of hydrogen-bond acceptors (Lipinski definition) is 3. The molecular weight excluding hydrogens is 262 g/mol. The zero-order valence-corrected chi connectivity index (χ0v) is 13.4. The second-order valence-corrected chi connectivity index (χ2v) is 4.85. The predicted molar refractivity (Wildman–Crippen MR) is 89.9 cm³/mol. The average molecular weight is 285 g/mol. The Kier molecular flexibility index (Phi) is 5.91. The van der Waals surface area contributed by atoms with Crippen LogP contribution in [0, 0.1) is 6.92 Å². The molecular formula is C17H23N3O. The van der Waals surface area contributed by atoms with Crippen molar-refractivity contribution in [3.05, 3.63) is 53.4 Å². The highest BCUT2D eigenvalue weighted by molar-refractivity contribution is 5.98. The van der Waals surface area contributed by atoms with Gasteiger partial charge in [0.2, 0.25) is 0 Å². The number of nitrogens with one attached hydrogen (secondary N) is 2. The Morgan fingerprint density at radius 1 is 1.33 bits per heavy atom. The number of amides is 1. The Morgan fingerprint density at radius 3 is 2.57 bits per heavy atom. The molecule has 2 N–H and O–H groups in total. The number of nitrogens with zero attached hydrogens (tertiary/aromatic N) is 1. The molecule has 0 fully saturated rings. The maximum absolute atomic E-state index is 11.7. The van der Waals surface area contributed by atoms with Gasteiger partial charge in [0, 0.05) is 24.0 Å². The number of aliphatic imine (C=N–C) groups is 1.